The standard InChI is InChI=1S/C14H19BrN2O3S/c15-9-2-1-6-14(18)16-12-4-3-5-13(10-12)21(19,20)17-11-7-8-11/h3-5,10-11,17H,1-2,6-9H2,(H,16,18). The SMILES string of the molecule is O=C(CCCCBr)Nc1cccc(S(=O)(=O)NC2CC2)c1. The van der Waals surface area contributed by atoms with E-state index in [2.05, 4.69) is 26.0 Å². The topological polar surface area (TPSA) is 75.3 Å². The number of unbranched alkanes of at least 4 members (excludes halogenated alkanes) is 1. The highest BCUT2D eigenvalue weighted by molar-refractivity contribution is 9.09. The summed E-state index contributed by atoms with van der Waals surface area (Å²) in [6.45, 7) is 0. The summed E-state index contributed by atoms with van der Waals surface area (Å²) in [4.78, 5) is 11.9. The van der Waals surface area contributed by atoms with E-state index in [0.717, 1.165) is 31.0 Å². The fourth-order valence-electron chi connectivity index (χ4n) is 1.83. The molecule has 1 saturated carbocycles. The van der Waals surface area contributed by atoms with Crippen LogP contribution in [0.15, 0.2) is 29.2 Å². The quantitative estimate of drug-likeness (QED) is 0.542. The van der Waals surface area contributed by atoms with Crippen molar-refractivity contribution in [1.29, 1.82) is 0 Å². The van der Waals surface area contributed by atoms with Crippen LogP contribution in [0.5, 0.6) is 0 Å². The molecule has 1 aromatic carbocycles. The van der Waals surface area contributed by atoms with Gasteiger partial charge in [0.1, 0.15) is 0 Å². The molecule has 0 bridgehead atoms. The molecular weight excluding hydrogens is 356 g/mol. The average molecular weight is 375 g/mol. The van der Waals surface area contributed by atoms with E-state index >= 15 is 0 Å². The van der Waals surface area contributed by atoms with Crippen molar-refractivity contribution in [3.63, 3.8) is 0 Å². The van der Waals surface area contributed by atoms with Crippen LogP contribution in [0.1, 0.15) is 32.1 Å². The lowest BCUT2D eigenvalue weighted by Gasteiger charge is -2.09. The van der Waals surface area contributed by atoms with Crippen molar-refractivity contribution in [2.75, 3.05) is 10.6 Å². The van der Waals surface area contributed by atoms with Crippen LogP contribution in [0.25, 0.3) is 0 Å². The number of carbonyl (C=O) groups excluding carboxylic acids is 1. The van der Waals surface area contributed by atoms with Gasteiger partial charge in [-0.3, -0.25) is 4.79 Å². The molecule has 1 fully saturated rings. The van der Waals surface area contributed by atoms with Gasteiger partial charge in [0.05, 0.1) is 4.90 Å². The predicted molar refractivity (Wildman–Crippen MR) is 86.1 cm³/mol. The van der Waals surface area contributed by atoms with Crippen LogP contribution in [-0.2, 0) is 14.8 Å². The van der Waals surface area contributed by atoms with E-state index in [-0.39, 0.29) is 16.8 Å². The zero-order valence-corrected chi connectivity index (χ0v) is 14.0. The number of alkyl halides is 1. The van der Waals surface area contributed by atoms with Crippen molar-refractivity contribution in [2.24, 2.45) is 0 Å². The van der Waals surface area contributed by atoms with Crippen molar-refractivity contribution >= 4 is 37.5 Å². The number of anilines is 1. The van der Waals surface area contributed by atoms with Gasteiger partial charge in [-0.2, -0.15) is 0 Å². The van der Waals surface area contributed by atoms with E-state index < -0.39 is 10.0 Å². The fraction of sp³-hybridized carbons (Fsp3) is 0.500. The van der Waals surface area contributed by atoms with Gasteiger partial charge in [0.15, 0.2) is 0 Å². The molecule has 116 valence electrons. The highest BCUT2D eigenvalue weighted by atomic mass is 79.9. The van der Waals surface area contributed by atoms with Crippen LogP contribution in [-0.4, -0.2) is 25.7 Å². The van der Waals surface area contributed by atoms with Gasteiger partial charge in [0.2, 0.25) is 15.9 Å². The summed E-state index contributed by atoms with van der Waals surface area (Å²) in [5.41, 5.74) is 0.512. The molecule has 1 amide bonds. The summed E-state index contributed by atoms with van der Waals surface area (Å²) in [6.07, 6.45) is 3.96. The highest BCUT2D eigenvalue weighted by Gasteiger charge is 2.28. The molecule has 0 unspecified atom stereocenters. The Balaban J connectivity index is 1.98. The molecule has 1 aromatic rings. The lowest BCUT2D eigenvalue weighted by Crippen LogP contribution is -2.25. The minimum absolute atomic E-state index is 0.0671. The summed E-state index contributed by atoms with van der Waals surface area (Å²) < 4.78 is 26.8. The lowest BCUT2D eigenvalue weighted by molar-refractivity contribution is -0.116. The zero-order chi connectivity index (χ0) is 15.3. The molecule has 2 N–H and O–H groups in total. The minimum atomic E-state index is -3.48. The molecule has 0 radical (unpaired) electrons. The molecule has 7 heteroatoms. The number of nitrogens with one attached hydrogen (secondary N) is 2. The maximum Gasteiger partial charge on any atom is 0.240 e. The summed E-state index contributed by atoms with van der Waals surface area (Å²) in [5, 5.41) is 3.61. The third-order valence-electron chi connectivity index (χ3n) is 3.11. The first-order valence-electron chi connectivity index (χ1n) is 6.99. The summed E-state index contributed by atoms with van der Waals surface area (Å²) in [7, 11) is -3.48. The Bertz CT molecular complexity index is 600. The molecule has 0 atom stereocenters. The van der Waals surface area contributed by atoms with Gasteiger partial charge in [-0.15, -0.1) is 0 Å². The second kappa shape index (κ2) is 7.38. The number of hydrogen-bond donors (Lipinski definition) is 2. The van der Waals surface area contributed by atoms with Gasteiger partial charge in [-0.25, -0.2) is 13.1 Å². The maximum absolute atomic E-state index is 12.1. The van der Waals surface area contributed by atoms with Crippen LogP contribution in [0.2, 0.25) is 0 Å². The number of hydrogen-bond acceptors (Lipinski definition) is 3. The Morgan fingerprint density at radius 1 is 1.29 bits per heavy atom. The van der Waals surface area contributed by atoms with E-state index in [9.17, 15) is 13.2 Å². The summed E-state index contributed by atoms with van der Waals surface area (Å²) in [6, 6.07) is 6.42. The first-order chi connectivity index (χ1) is 10.0. The van der Waals surface area contributed by atoms with Gasteiger partial charge < -0.3 is 5.32 Å². The molecule has 21 heavy (non-hydrogen) atoms. The summed E-state index contributed by atoms with van der Waals surface area (Å²) >= 11 is 3.32. The smallest absolute Gasteiger partial charge is 0.240 e. The minimum Gasteiger partial charge on any atom is -0.326 e. The Morgan fingerprint density at radius 3 is 2.71 bits per heavy atom. The largest absolute Gasteiger partial charge is 0.326 e. The molecule has 0 heterocycles. The number of amides is 1. The second-order valence-corrected chi connectivity index (χ2v) is 7.62. The normalized spacial score (nSPS) is 14.9. The van der Waals surface area contributed by atoms with E-state index in [4.69, 9.17) is 0 Å². The Morgan fingerprint density at radius 2 is 2.05 bits per heavy atom. The maximum atomic E-state index is 12.1. The van der Waals surface area contributed by atoms with Crippen molar-refractivity contribution in [3.05, 3.63) is 24.3 Å². The molecule has 2 rings (SSSR count). The van der Waals surface area contributed by atoms with Crippen molar-refractivity contribution in [2.45, 2.75) is 43.0 Å². The first-order valence-corrected chi connectivity index (χ1v) is 9.60. The van der Waals surface area contributed by atoms with Crippen molar-refractivity contribution in [3.8, 4) is 0 Å². The predicted octanol–water partition coefficient (Wildman–Crippen LogP) is 2.63. The number of sulfonamides is 1. The van der Waals surface area contributed by atoms with Crippen molar-refractivity contribution in [1.82, 2.24) is 4.72 Å². The zero-order valence-electron chi connectivity index (χ0n) is 11.6. The van der Waals surface area contributed by atoms with Gasteiger partial charge in [0.25, 0.3) is 0 Å². The molecule has 0 spiro atoms. The Kier molecular flexibility index (Phi) is 5.78. The highest BCUT2D eigenvalue weighted by Crippen LogP contribution is 2.23. The molecule has 0 aromatic heterocycles. The summed E-state index contributed by atoms with van der Waals surface area (Å²) in [5.74, 6) is -0.0966. The number of rotatable bonds is 8. The molecule has 1 aliphatic carbocycles. The molecule has 1 aliphatic rings. The van der Waals surface area contributed by atoms with Gasteiger partial charge >= 0.3 is 0 Å². The molecule has 0 aliphatic heterocycles. The number of halogens is 1. The monoisotopic (exact) mass is 374 g/mol. The van der Waals surface area contributed by atoms with Crippen LogP contribution < -0.4 is 10.0 Å². The van der Waals surface area contributed by atoms with Gasteiger partial charge in [0, 0.05) is 23.5 Å². The second-order valence-electron chi connectivity index (χ2n) is 5.12. The fourth-order valence-corrected chi connectivity index (χ4v) is 3.58. The molecular formula is C14H19BrN2O3S. The van der Waals surface area contributed by atoms with Crippen LogP contribution in [0.4, 0.5) is 5.69 Å². The van der Waals surface area contributed by atoms with Crippen LogP contribution in [0, 0.1) is 0 Å². The Labute approximate surface area is 133 Å². The van der Waals surface area contributed by atoms with Crippen LogP contribution >= 0.6 is 15.9 Å². The average Bonchev–Trinajstić information content (AvgIpc) is 3.22. The van der Waals surface area contributed by atoms with Crippen LogP contribution in [0.3, 0.4) is 0 Å². The number of benzene rings is 1. The van der Waals surface area contributed by atoms with E-state index in [1.807, 2.05) is 0 Å². The van der Waals surface area contributed by atoms with Gasteiger partial charge in [-0.1, -0.05) is 22.0 Å². The Hall–Kier alpha value is -0.920. The van der Waals surface area contributed by atoms with Gasteiger partial charge in [-0.05, 0) is 43.9 Å². The number of carbonyl (C=O) groups is 1. The van der Waals surface area contributed by atoms with Crippen molar-refractivity contribution < 1.29 is 13.2 Å². The van der Waals surface area contributed by atoms with E-state index in [1.165, 1.54) is 12.1 Å². The van der Waals surface area contributed by atoms with E-state index in [0.29, 0.717) is 12.1 Å². The third kappa shape index (κ3) is 5.41. The first kappa shape index (κ1) is 16.5. The molecule has 0 saturated heterocycles. The third-order valence-corrected chi connectivity index (χ3v) is 5.19. The molecule has 5 nitrogen and oxygen atoms in total. The lowest BCUT2D eigenvalue weighted by atomic mass is 10.2. The van der Waals surface area contributed by atoms with E-state index in [1.54, 1.807) is 12.1 Å².